The fourth-order valence-electron chi connectivity index (χ4n) is 1.65. The third-order valence-electron chi connectivity index (χ3n) is 2.79. The van der Waals surface area contributed by atoms with Gasteiger partial charge in [-0.2, -0.15) is 0 Å². The molecule has 2 rings (SSSR count). The number of hydrogen-bond acceptors (Lipinski definition) is 2. The molecule has 0 spiro atoms. The molecule has 2 aromatic carbocycles. The molecule has 0 bridgehead atoms. The van der Waals surface area contributed by atoms with Gasteiger partial charge in [-0.05, 0) is 41.8 Å². The van der Waals surface area contributed by atoms with Crippen molar-refractivity contribution in [3.63, 3.8) is 0 Å². The van der Waals surface area contributed by atoms with Gasteiger partial charge in [0.1, 0.15) is 12.4 Å². The van der Waals surface area contributed by atoms with Crippen LogP contribution < -0.4 is 10.5 Å². The van der Waals surface area contributed by atoms with Crippen LogP contribution in [0.3, 0.4) is 0 Å². The summed E-state index contributed by atoms with van der Waals surface area (Å²) in [6, 6.07) is 13.8. The van der Waals surface area contributed by atoms with Gasteiger partial charge in [0.25, 0.3) is 0 Å². The minimum absolute atomic E-state index is 0.548. The molecule has 2 nitrogen and oxygen atoms in total. The third-order valence-corrected chi connectivity index (χ3v) is 3.22. The van der Waals surface area contributed by atoms with Gasteiger partial charge >= 0.3 is 0 Å². The van der Waals surface area contributed by atoms with Crippen LogP contribution >= 0.6 is 11.6 Å². The van der Waals surface area contributed by atoms with E-state index in [0.29, 0.717) is 13.2 Å². The number of halogens is 1. The Kier molecular flexibility index (Phi) is 4.24. The third kappa shape index (κ3) is 3.25. The summed E-state index contributed by atoms with van der Waals surface area (Å²) < 4.78 is 5.71. The molecule has 2 aromatic rings. The summed E-state index contributed by atoms with van der Waals surface area (Å²) in [5.41, 5.74) is 8.82. The lowest BCUT2D eigenvalue weighted by atomic mass is 10.1. The van der Waals surface area contributed by atoms with Gasteiger partial charge in [0.2, 0.25) is 0 Å². The van der Waals surface area contributed by atoms with E-state index in [2.05, 4.69) is 0 Å². The minimum Gasteiger partial charge on any atom is -0.489 e. The van der Waals surface area contributed by atoms with Crippen molar-refractivity contribution < 1.29 is 4.74 Å². The zero-order valence-corrected chi connectivity index (χ0v) is 11.1. The first kappa shape index (κ1) is 12.9. The van der Waals surface area contributed by atoms with E-state index in [-0.39, 0.29) is 0 Å². The van der Waals surface area contributed by atoms with Crippen molar-refractivity contribution in [3.05, 3.63) is 64.2 Å². The quantitative estimate of drug-likeness (QED) is 0.911. The first-order chi connectivity index (χ1) is 8.69. The molecule has 94 valence electrons. The van der Waals surface area contributed by atoms with E-state index in [1.807, 2.05) is 49.4 Å². The summed E-state index contributed by atoms with van der Waals surface area (Å²) in [5.74, 6) is 0.833. The number of benzene rings is 2. The molecular weight excluding hydrogens is 246 g/mol. The normalized spacial score (nSPS) is 10.4. The number of nitrogens with two attached hydrogens (primary N) is 1. The maximum Gasteiger partial charge on any atom is 0.120 e. The van der Waals surface area contributed by atoms with E-state index in [4.69, 9.17) is 22.1 Å². The van der Waals surface area contributed by atoms with Crippen LogP contribution in [0.15, 0.2) is 42.5 Å². The van der Waals surface area contributed by atoms with Gasteiger partial charge in [-0.15, -0.1) is 0 Å². The average Bonchev–Trinajstić information content (AvgIpc) is 2.41. The summed E-state index contributed by atoms with van der Waals surface area (Å²) in [7, 11) is 0. The van der Waals surface area contributed by atoms with Crippen LogP contribution in [0.5, 0.6) is 5.75 Å². The zero-order chi connectivity index (χ0) is 13.0. The van der Waals surface area contributed by atoms with Crippen molar-refractivity contribution in [2.75, 3.05) is 0 Å². The Bertz CT molecular complexity index is 523. The molecule has 0 unspecified atom stereocenters. The minimum atomic E-state index is 0.548. The zero-order valence-electron chi connectivity index (χ0n) is 10.3. The Hall–Kier alpha value is -1.51. The van der Waals surface area contributed by atoms with E-state index in [9.17, 15) is 0 Å². The molecule has 0 atom stereocenters. The maximum atomic E-state index is 5.96. The molecule has 0 aliphatic rings. The molecule has 0 aliphatic carbocycles. The summed E-state index contributed by atoms with van der Waals surface area (Å²) in [4.78, 5) is 0. The fraction of sp³-hybridized carbons (Fsp3) is 0.200. The van der Waals surface area contributed by atoms with Crippen LogP contribution in [-0.4, -0.2) is 0 Å². The lowest BCUT2D eigenvalue weighted by molar-refractivity contribution is 0.306. The Morgan fingerprint density at radius 2 is 1.72 bits per heavy atom. The smallest absolute Gasteiger partial charge is 0.120 e. The molecule has 0 aromatic heterocycles. The van der Waals surface area contributed by atoms with E-state index in [1.54, 1.807) is 0 Å². The highest BCUT2D eigenvalue weighted by Crippen LogP contribution is 2.21. The molecule has 2 N–H and O–H groups in total. The van der Waals surface area contributed by atoms with Crippen molar-refractivity contribution in [1.29, 1.82) is 0 Å². The second-order valence-electron chi connectivity index (χ2n) is 4.22. The summed E-state index contributed by atoms with van der Waals surface area (Å²) in [6.45, 7) is 3.08. The second kappa shape index (κ2) is 5.89. The highest BCUT2D eigenvalue weighted by atomic mass is 35.5. The van der Waals surface area contributed by atoms with Crippen LogP contribution in [0.2, 0.25) is 5.02 Å². The molecule has 18 heavy (non-hydrogen) atoms. The fourth-order valence-corrected chi connectivity index (χ4v) is 1.76. The predicted octanol–water partition coefficient (Wildman–Crippen LogP) is 3.69. The van der Waals surface area contributed by atoms with Gasteiger partial charge in [-0.25, -0.2) is 0 Å². The maximum absolute atomic E-state index is 5.96. The summed E-state index contributed by atoms with van der Waals surface area (Å²) in [5, 5.41) is 0.759. The molecule has 3 heteroatoms. The van der Waals surface area contributed by atoms with E-state index in [0.717, 1.165) is 27.5 Å². The highest BCUT2D eigenvalue weighted by Gasteiger charge is 1.99. The summed E-state index contributed by atoms with van der Waals surface area (Å²) >= 11 is 5.96. The Morgan fingerprint density at radius 1 is 1.06 bits per heavy atom. The molecule has 0 fully saturated rings. The van der Waals surface area contributed by atoms with Gasteiger partial charge in [0, 0.05) is 11.6 Å². The predicted molar refractivity (Wildman–Crippen MR) is 74.9 cm³/mol. The SMILES string of the molecule is Cc1cc(OCc2ccc(CN)cc2)ccc1Cl. The number of rotatable bonds is 4. The van der Waals surface area contributed by atoms with Crippen LogP contribution in [0.4, 0.5) is 0 Å². The monoisotopic (exact) mass is 261 g/mol. The number of ether oxygens (including phenoxy) is 1. The summed E-state index contributed by atoms with van der Waals surface area (Å²) in [6.07, 6.45) is 0. The average molecular weight is 262 g/mol. The molecule has 0 saturated carbocycles. The van der Waals surface area contributed by atoms with Crippen molar-refractivity contribution in [3.8, 4) is 5.75 Å². The molecule has 0 amide bonds. The Labute approximate surface area is 112 Å². The van der Waals surface area contributed by atoms with Gasteiger partial charge in [0.05, 0.1) is 0 Å². The standard InChI is InChI=1S/C15H16ClNO/c1-11-8-14(6-7-15(11)16)18-10-13-4-2-12(9-17)3-5-13/h2-8H,9-10,17H2,1H3. The van der Waals surface area contributed by atoms with Crippen molar-refractivity contribution in [2.24, 2.45) is 5.73 Å². The van der Waals surface area contributed by atoms with E-state index >= 15 is 0 Å². The number of aryl methyl sites for hydroxylation is 1. The van der Waals surface area contributed by atoms with Gasteiger partial charge < -0.3 is 10.5 Å². The largest absolute Gasteiger partial charge is 0.489 e. The van der Waals surface area contributed by atoms with Crippen LogP contribution in [0, 0.1) is 6.92 Å². The lowest BCUT2D eigenvalue weighted by Gasteiger charge is -2.08. The van der Waals surface area contributed by atoms with E-state index in [1.165, 1.54) is 0 Å². The Morgan fingerprint density at radius 3 is 2.33 bits per heavy atom. The Balaban J connectivity index is 1.99. The van der Waals surface area contributed by atoms with E-state index < -0.39 is 0 Å². The van der Waals surface area contributed by atoms with Gasteiger partial charge in [-0.1, -0.05) is 35.9 Å². The molecule has 0 saturated heterocycles. The first-order valence-electron chi connectivity index (χ1n) is 5.86. The number of hydrogen-bond donors (Lipinski definition) is 1. The van der Waals surface area contributed by atoms with Crippen LogP contribution in [0.1, 0.15) is 16.7 Å². The van der Waals surface area contributed by atoms with Crippen LogP contribution in [-0.2, 0) is 13.2 Å². The van der Waals surface area contributed by atoms with Crippen molar-refractivity contribution in [1.82, 2.24) is 0 Å². The lowest BCUT2D eigenvalue weighted by Crippen LogP contribution is -1.98. The topological polar surface area (TPSA) is 35.2 Å². The first-order valence-corrected chi connectivity index (χ1v) is 6.23. The van der Waals surface area contributed by atoms with Crippen LogP contribution in [0.25, 0.3) is 0 Å². The van der Waals surface area contributed by atoms with Crippen molar-refractivity contribution >= 4 is 11.6 Å². The van der Waals surface area contributed by atoms with Gasteiger partial charge in [-0.3, -0.25) is 0 Å². The molecule has 0 heterocycles. The highest BCUT2D eigenvalue weighted by molar-refractivity contribution is 6.31. The second-order valence-corrected chi connectivity index (χ2v) is 4.63. The molecule has 0 radical (unpaired) electrons. The molecule has 0 aliphatic heterocycles. The van der Waals surface area contributed by atoms with Crippen molar-refractivity contribution in [2.45, 2.75) is 20.1 Å². The molecular formula is C15H16ClNO. The van der Waals surface area contributed by atoms with Gasteiger partial charge in [0.15, 0.2) is 0 Å².